The monoisotopic (exact) mass is 297 g/mol. The van der Waals surface area contributed by atoms with Crippen molar-refractivity contribution in [3.8, 4) is 0 Å². The first kappa shape index (κ1) is 14.7. The third-order valence-corrected chi connectivity index (χ3v) is 4.15. The van der Waals surface area contributed by atoms with Gasteiger partial charge in [0.25, 0.3) is 0 Å². The fourth-order valence-electron chi connectivity index (χ4n) is 1.61. The molecule has 0 spiro atoms. The van der Waals surface area contributed by atoms with Crippen LogP contribution >= 0.6 is 0 Å². The molecule has 108 valence electrons. The Morgan fingerprint density at radius 3 is 2.50 bits per heavy atom. The number of rotatable bonds is 5. The predicted octanol–water partition coefficient (Wildman–Crippen LogP) is 2.08. The SMILES string of the molecule is CC(C)n1cc(S(=O)(=O)NCc2ccc(F)cc2)cn1. The van der Waals surface area contributed by atoms with E-state index >= 15 is 0 Å². The van der Waals surface area contributed by atoms with Crippen molar-refractivity contribution in [3.05, 3.63) is 48.0 Å². The fourth-order valence-corrected chi connectivity index (χ4v) is 2.56. The van der Waals surface area contributed by atoms with Gasteiger partial charge in [-0.05, 0) is 31.5 Å². The second kappa shape index (κ2) is 5.72. The molecule has 0 saturated carbocycles. The maximum absolute atomic E-state index is 12.8. The van der Waals surface area contributed by atoms with E-state index in [0.717, 1.165) is 0 Å². The smallest absolute Gasteiger partial charge is 0.243 e. The summed E-state index contributed by atoms with van der Waals surface area (Å²) in [6.07, 6.45) is 2.80. The Morgan fingerprint density at radius 2 is 1.95 bits per heavy atom. The van der Waals surface area contributed by atoms with Gasteiger partial charge in [-0.2, -0.15) is 5.10 Å². The molecule has 1 aromatic carbocycles. The van der Waals surface area contributed by atoms with E-state index in [-0.39, 0.29) is 23.3 Å². The molecule has 5 nitrogen and oxygen atoms in total. The molecule has 0 bridgehead atoms. The van der Waals surface area contributed by atoms with Crippen LogP contribution in [0.5, 0.6) is 0 Å². The quantitative estimate of drug-likeness (QED) is 0.919. The molecule has 0 aliphatic rings. The fraction of sp³-hybridized carbons (Fsp3) is 0.308. The Morgan fingerprint density at radius 1 is 1.30 bits per heavy atom. The summed E-state index contributed by atoms with van der Waals surface area (Å²) in [7, 11) is -3.61. The van der Waals surface area contributed by atoms with Gasteiger partial charge in [-0.3, -0.25) is 4.68 Å². The molecular formula is C13H16FN3O2S. The van der Waals surface area contributed by atoms with Gasteiger partial charge in [-0.25, -0.2) is 17.5 Å². The summed E-state index contributed by atoms with van der Waals surface area (Å²) in [4.78, 5) is 0.119. The van der Waals surface area contributed by atoms with E-state index < -0.39 is 10.0 Å². The molecule has 0 saturated heterocycles. The van der Waals surface area contributed by atoms with Crippen molar-refractivity contribution in [2.24, 2.45) is 0 Å². The third kappa shape index (κ3) is 3.43. The average molecular weight is 297 g/mol. The summed E-state index contributed by atoms with van der Waals surface area (Å²) in [6.45, 7) is 3.93. The molecule has 0 fully saturated rings. The lowest BCUT2D eigenvalue weighted by Crippen LogP contribution is -2.22. The minimum absolute atomic E-state index is 0.0936. The summed E-state index contributed by atoms with van der Waals surface area (Å²) >= 11 is 0. The summed E-state index contributed by atoms with van der Waals surface area (Å²) in [5, 5.41) is 4.00. The van der Waals surface area contributed by atoms with Crippen molar-refractivity contribution in [2.45, 2.75) is 31.3 Å². The highest BCUT2D eigenvalue weighted by Crippen LogP contribution is 2.11. The van der Waals surface area contributed by atoms with Gasteiger partial charge < -0.3 is 0 Å². The van der Waals surface area contributed by atoms with Crippen molar-refractivity contribution in [1.82, 2.24) is 14.5 Å². The molecule has 0 amide bonds. The molecule has 2 aromatic rings. The van der Waals surface area contributed by atoms with E-state index in [2.05, 4.69) is 9.82 Å². The summed E-state index contributed by atoms with van der Waals surface area (Å²) in [6, 6.07) is 5.75. The van der Waals surface area contributed by atoms with Gasteiger partial charge in [0.05, 0.1) is 6.20 Å². The number of aromatic nitrogens is 2. The highest BCUT2D eigenvalue weighted by atomic mass is 32.2. The van der Waals surface area contributed by atoms with E-state index in [1.54, 1.807) is 4.68 Å². The lowest BCUT2D eigenvalue weighted by atomic mass is 10.2. The second-order valence-corrected chi connectivity index (χ2v) is 6.47. The largest absolute Gasteiger partial charge is 0.269 e. The van der Waals surface area contributed by atoms with Crippen LogP contribution in [0.1, 0.15) is 25.5 Å². The maximum atomic E-state index is 12.8. The summed E-state index contributed by atoms with van der Waals surface area (Å²) in [5.74, 6) is -0.352. The lowest BCUT2D eigenvalue weighted by molar-refractivity contribution is 0.531. The van der Waals surface area contributed by atoms with E-state index in [1.807, 2.05) is 13.8 Å². The third-order valence-electron chi connectivity index (χ3n) is 2.80. The lowest BCUT2D eigenvalue weighted by Gasteiger charge is -2.05. The predicted molar refractivity (Wildman–Crippen MR) is 73.0 cm³/mol. The normalized spacial score (nSPS) is 12.0. The molecule has 0 aliphatic heterocycles. The molecule has 0 radical (unpaired) electrons. The van der Waals surface area contributed by atoms with E-state index in [4.69, 9.17) is 0 Å². The van der Waals surface area contributed by atoms with Gasteiger partial charge in [0.2, 0.25) is 10.0 Å². The molecule has 20 heavy (non-hydrogen) atoms. The minimum atomic E-state index is -3.61. The maximum Gasteiger partial charge on any atom is 0.243 e. The zero-order valence-electron chi connectivity index (χ0n) is 11.2. The molecular weight excluding hydrogens is 281 g/mol. The second-order valence-electron chi connectivity index (χ2n) is 4.70. The van der Waals surface area contributed by atoms with Crippen LogP contribution in [0.15, 0.2) is 41.6 Å². The van der Waals surface area contributed by atoms with Crippen LogP contribution in [0.25, 0.3) is 0 Å². The number of sulfonamides is 1. The van der Waals surface area contributed by atoms with Crippen LogP contribution in [0.4, 0.5) is 4.39 Å². The van der Waals surface area contributed by atoms with Gasteiger partial charge in [0, 0.05) is 18.8 Å². The standard InChI is InChI=1S/C13H16FN3O2S/c1-10(2)17-9-13(8-15-17)20(18,19)16-7-11-3-5-12(14)6-4-11/h3-6,8-10,16H,7H2,1-2H3. The van der Waals surface area contributed by atoms with Crippen LogP contribution in [0.2, 0.25) is 0 Å². The van der Waals surface area contributed by atoms with E-state index in [0.29, 0.717) is 5.56 Å². The number of halogens is 1. The topological polar surface area (TPSA) is 64.0 Å². The van der Waals surface area contributed by atoms with Crippen molar-refractivity contribution in [1.29, 1.82) is 0 Å². The number of nitrogens with one attached hydrogen (secondary N) is 1. The summed E-state index contributed by atoms with van der Waals surface area (Å²) < 4.78 is 40.9. The first-order chi connectivity index (χ1) is 9.38. The van der Waals surface area contributed by atoms with Gasteiger partial charge in [-0.15, -0.1) is 0 Å². The van der Waals surface area contributed by atoms with Crippen LogP contribution < -0.4 is 4.72 Å². The van der Waals surface area contributed by atoms with Crippen molar-refractivity contribution in [3.63, 3.8) is 0 Å². The van der Waals surface area contributed by atoms with Gasteiger partial charge in [0.15, 0.2) is 0 Å². The highest BCUT2D eigenvalue weighted by molar-refractivity contribution is 7.89. The van der Waals surface area contributed by atoms with Crippen LogP contribution in [0, 0.1) is 5.82 Å². The molecule has 1 N–H and O–H groups in total. The van der Waals surface area contributed by atoms with E-state index in [1.165, 1.54) is 36.7 Å². The molecule has 0 aliphatic carbocycles. The first-order valence-electron chi connectivity index (χ1n) is 6.17. The zero-order chi connectivity index (χ0) is 14.8. The Balaban J connectivity index is 2.08. The molecule has 0 atom stereocenters. The first-order valence-corrected chi connectivity index (χ1v) is 7.65. The summed E-state index contributed by atoms with van der Waals surface area (Å²) in [5.41, 5.74) is 0.686. The van der Waals surface area contributed by atoms with Crippen molar-refractivity contribution in [2.75, 3.05) is 0 Å². The Hall–Kier alpha value is -1.73. The molecule has 0 unspecified atom stereocenters. The molecule has 1 heterocycles. The average Bonchev–Trinajstić information content (AvgIpc) is 2.89. The number of benzene rings is 1. The van der Waals surface area contributed by atoms with E-state index in [9.17, 15) is 12.8 Å². The van der Waals surface area contributed by atoms with Crippen LogP contribution in [0.3, 0.4) is 0 Å². The number of nitrogens with zero attached hydrogens (tertiary/aromatic N) is 2. The van der Waals surface area contributed by atoms with Crippen molar-refractivity contribution >= 4 is 10.0 Å². The van der Waals surface area contributed by atoms with Gasteiger partial charge in [-0.1, -0.05) is 12.1 Å². The molecule has 7 heteroatoms. The molecule has 1 aromatic heterocycles. The van der Waals surface area contributed by atoms with Crippen LogP contribution in [-0.4, -0.2) is 18.2 Å². The zero-order valence-corrected chi connectivity index (χ0v) is 12.1. The minimum Gasteiger partial charge on any atom is -0.269 e. The Kier molecular flexibility index (Phi) is 4.20. The highest BCUT2D eigenvalue weighted by Gasteiger charge is 2.16. The van der Waals surface area contributed by atoms with Crippen LogP contribution in [-0.2, 0) is 16.6 Å². The Bertz CT molecular complexity index is 678. The number of hydrogen-bond acceptors (Lipinski definition) is 3. The van der Waals surface area contributed by atoms with Crippen molar-refractivity contribution < 1.29 is 12.8 Å². The van der Waals surface area contributed by atoms with Gasteiger partial charge in [0.1, 0.15) is 10.7 Å². The molecule has 2 rings (SSSR count). The Labute approximate surface area is 117 Å². The number of hydrogen-bond donors (Lipinski definition) is 1. The van der Waals surface area contributed by atoms with Gasteiger partial charge >= 0.3 is 0 Å².